The Bertz CT molecular complexity index is 1110. The number of imidazole rings is 1. The topological polar surface area (TPSA) is 78.5 Å². The van der Waals surface area contributed by atoms with E-state index in [0.29, 0.717) is 23.4 Å². The summed E-state index contributed by atoms with van der Waals surface area (Å²) < 4.78 is 25.0. The molecule has 0 aliphatic rings. The molecule has 28 heavy (non-hydrogen) atoms. The van der Waals surface area contributed by atoms with E-state index in [0.717, 1.165) is 36.0 Å². The van der Waals surface area contributed by atoms with Crippen LogP contribution in [0.25, 0.3) is 22.2 Å². The number of nitrogens with zero attached hydrogens (tertiary/aromatic N) is 4. The Hall–Kier alpha value is -2.45. The Morgan fingerprint density at radius 2 is 2.00 bits per heavy atom. The second-order valence-corrected chi connectivity index (χ2v) is 7.55. The van der Waals surface area contributed by atoms with Gasteiger partial charge < -0.3 is 21.9 Å². The average Bonchev–Trinajstić information content (AvgIpc) is 3.07. The van der Waals surface area contributed by atoms with Crippen molar-refractivity contribution in [2.24, 2.45) is 11.4 Å². The third-order valence-corrected chi connectivity index (χ3v) is 5.33. The van der Waals surface area contributed by atoms with Crippen LogP contribution in [0.3, 0.4) is 0 Å². The van der Waals surface area contributed by atoms with E-state index in [1.54, 1.807) is 38.0 Å². The molecule has 0 aliphatic carbocycles. The largest absolute Gasteiger partial charge is 0.439 e. The molecule has 0 unspecified atom stereocenters. The van der Waals surface area contributed by atoms with Crippen LogP contribution < -0.4 is 5.56 Å². The molecule has 0 saturated heterocycles. The molecule has 0 aliphatic heterocycles. The van der Waals surface area contributed by atoms with Gasteiger partial charge in [0.15, 0.2) is 0 Å². The zero-order valence-corrected chi connectivity index (χ0v) is 17.5. The van der Waals surface area contributed by atoms with Gasteiger partial charge in [0.2, 0.25) is 0 Å². The number of unbranched alkanes of at least 4 members (excludes halogenated alkanes) is 1. The standard InChI is InChI=1S/C20H25N4O3S/c1-5-7-8-24-13-21-19-17(22-28(26)27-6-2)10-15(11-18(19)24)16-9-14(3)20(25)23(4)12-16/h9-13H,5-8H2,1-4H3/q-1. The number of hydrogen-bond donors (Lipinski definition) is 0. The SMILES string of the molecule is CCCCn1cnc2c(N=[S-](=O)OCC)cc(-c3cc(C)c(=O)n(C)c3)cc21. The maximum atomic E-state index is 12.1. The van der Waals surface area contributed by atoms with Gasteiger partial charge in [0.05, 0.1) is 17.5 Å². The van der Waals surface area contributed by atoms with Gasteiger partial charge in [-0.1, -0.05) is 24.2 Å². The molecule has 0 amide bonds. The first-order valence-corrected chi connectivity index (χ1v) is 10.4. The molecule has 1 aromatic carbocycles. The van der Waals surface area contributed by atoms with Crippen LogP contribution in [0.1, 0.15) is 32.3 Å². The number of rotatable bonds is 7. The van der Waals surface area contributed by atoms with Gasteiger partial charge in [-0.2, -0.15) is 0 Å². The fourth-order valence-electron chi connectivity index (χ4n) is 3.13. The molecule has 2 aromatic heterocycles. The molecule has 3 aromatic rings. The van der Waals surface area contributed by atoms with E-state index in [1.165, 1.54) is 0 Å². The summed E-state index contributed by atoms with van der Waals surface area (Å²) in [7, 11) is -0.0453. The highest BCUT2D eigenvalue weighted by molar-refractivity contribution is 7.69. The predicted octanol–water partition coefficient (Wildman–Crippen LogP) is 4.24. The van der Waals surface area contributed by atoms with E-state index in [2.05, 4.69) is 20.8 Å². The van der Waals surface area contributed by atoms with Crippen molar-refractivity contribution < 1.29 is 8.39 Å². The van der Waals surface area contributed by atoms with Gasteiger partial charge in [-0.25, -0.2) is 4.98 Å². The van der Waals surface area contributed by atoms with Crippen LogP contribution in [0.5, 0.6) is 0 Å². The first-order chi connectivity index (χ1) is 13.4. The first kappa shape index (κ1) is 20.3. The smallest absolute Gasteiger partial charge is 0.253 e. The van der Waals surface area contributed by atoms with E-state index in [-0.39, 0.29) is 5.56 Å². The third kappa shape index (κ3) is 4.18. The van der Waals surface area contributed by atoms with E-state index in [4.69, 9.17) is 4.18 Å². The van der Waals surface area contributed by atoms with Gasteiger partial charge in [0.25, 0.3) is 5.56 Å². The normalized spacial score (nSPS) is 12.7. The summed E-state index contributed by atoms with van der Waals surface area (Å²) in [5.41, 5.74) is 4.54. The quantitative estimate of drug-likeness (QED) is 0.555. The second kappa shape index (κ2) is 8.70. The lowest BCUT2D eigenvalue weighted by Crippen LogP contribution is -2.18. The molecule has 3 rings (SSSR count). The highest BCUT2D eigenvalue weighted by atomic mass is 32.2. The molecular weight excluding hydrogens is 376 g/mol. The zero-order chi connectivity index (χ0) is 20.3. The molecule has 0 radical (unpaired) electrons. The maximum absolute atomic E-state index is 12.1. The Kier molecular flexibility index (Phi) is 6.31. The van der Waals surface area contributed by atoms with E-state index in [1.807, 2.05) is 18.2 Å². The Labute approximate surface area is 166 Å². The molecule has 150 valence electrons. The van der Waals surface area contributed by atoms with Crippen LogP contribution in [-0.4, -0.2) is 20.7 Å². The molecule has 7 nitrogen and oxygen atoms in total. The molecule has 2 heterocycles. The number of fused-ring (bicyclic) bond motifs is 1. The summed E-state index contributed by atoms with van der Waals surface area (Å²) >= 11 is 0. The molecule has 0 bridgehead atoms. The van der Waals surface area contributed by atoms with Gasteiger partial charge in [-0.15, -0.1) is 0 Å². The summed E-state index contributed by atoms with van der Waals surface area (Å²) in [5, 5.41) is 0. The predicted molar refractivity (Wildman–Crippen MR) is 112 cm³/mol. The van der Waals surface area contributed by atoms with E-state index >= 15 is 0 Å². The van der Waals surface area contributed by atoms with Gasteiger partial charge in [-0.3, -0.25) is 4.79 Å². The van der Waals surface area contributed by atoms with Crippen molar-refractivity contribution >= 4 is 27.6 Å². The van der Waals surface area contributed by atoms with Gasteiger partial charge in [0.1, 0.15) is 5.52 Å². The van der Waals surface area contributed by atoms with Crippen LogP contribution in [0, 0.1) is 6.92 Å². The van der Waals surface area contributed by atoms with Gasteiger partial charge in [-0.05, 0) is 49.6 Å². The molecule has 0 atom stereocenters. The number of pyridine rings is 1. The fraction of sp³-hybridized carbons (Fsp3) is 0.400. The van der Waals surface area contributed by atoms with E-state index < -0.39 is 10.9 Å². The summed E-state index contributed by atoms with van der Waals surface area (Å²) in [6, 6.07) is 5.75. The minimum Gasteiger partial charge on any atom is -0.439 e. The Morgan fingerprint density at radius 1 is 1.21 bits per heavy atom. The minimum absolute atomic E-state index is 0.0276. The van der Waals surface area contributed by atoms with Crippen LogP contribution in [0.4, 0.5) is 5.69 Å². The number of hydrogen-bond acceptors (Lipinski definition) is 6. The van der Waals surface area contributed by atoms with Crippen molar-refractivity contribution in [3.05, 3.63) is 46.6 Å². The highest BCUT2D eigenvalue weighted by Crippen LogP contribution is 2.32. The second-order valence-electron chi connectivity index (χ2n) is 6.70. The molecule has 0 spiro atoms. The molecule has 0 N–H and O–H groups in total. The minimum atomic E-state index is -1.78. The van der Waals surface area contributed by atoms with Gasteiger partial charge in [0, 0.05) is 32.0 Å². The zero-order valence-electron chi connectivity index (χ0n) is 16.6. The van der Waals surface area contributed by atoms with Gasteiger partial charge >= 0.3 is 0 Å². The van der Waals surface area contributed by atoms with Crippen molar-refractivity contribution in [2.75, 3.05) is 6.61 Å². The molecule has 0 fully saturated rings. The Balaban J connectivity index is 2.24. The number of aromatic nitrogens is 3. The van der Waals surface area contributed by atoms with Crippen molar-refractivity contribution in [3.8, 4) is 11.1 Å². The summed E-state index contributed by atoms with van der Waals surface area (Å²) in [6.07, 6.45) is 5.70. The summed E-state index contributed by atoms with van der Waals surface area (Å²) in [4.78, 5) is 16.5. The Morgan fingerprint density at radius 3 is 2.68 bits per heavy atom. The molecule has 0 saturated carbocycles. The summed E-state index contributed by atoms with van der Waals surface area (Å²) in [5.74, 6) is 0. The lowest BCUT2D eigenvalue weighted by molar-refractivity contribution is 0.369. The van der Waals surface area contributed by atoms with E-state index in [9.17, 15) is 9.00 Å². The number of aryl methyl sites for hydroxylation is 3. The first-order valence-electron chi connectivity index (χ1n) is 9.38. The third-order valence-electron chi connectivity index (χ3n) is 4.55. The van der Waals surface area contributed by atoms with Crippen molar-refractivity contribution in [1.29, 1.82) is 0 Å². The average molecular weight is 402 g/mol. The number of benzene rings is 1. The molecular formula is C20H25N4O3S-. The van der Waals surface area contributed by atoms with Crippen molar-refractivity contribution in [2.45, 2.75) is 40.2 Å². The summed E-state index contributed by atoms with van der Waals surface area (Å²) in [6.45, 7) is 6.86. The van der Waals surface area contributed by atoms with Crippen LogP contribution in [0.2, 0.25) is 0 Å². The molecule has 8 heteroatoms. The van der Waals surface area contributed by atoms with Crippen LogP contribution >= 0.6 is 0 Å². The highest BCUT2D eigenvalue weighted by Gasteiger charge is 2.11. The van der Waals surface area contributed by atoms with Crippen molar-refractivity contribution in [1.82, 2.24) is 14.1 Å². The lowest BCUT2D eigenvalue weighted by Gasteiger charge is -2.11. The van der Waals surface area contributed by atoms with Crippen LogP contribution in [0.15, 0.2) is 39.9 Å². The lowest BCUT2D eigenvalue weighted by atomic mass is 10.0. The fourth-order valence-corrected chi connectivity index (χ4v) is 3.69. The van der Waals surface area contributed by atoms with Crippen LogP contribution in [-0.2, 0) is 32.9 Å². The monoisotopic (exact) mass is 401 g/mol. The van der Waals surface area contributed by atoms with Crippen molar-refractivity contribution in [3.63, 3.8) is 0 Å². The maximum Gasteiger partial charge on any atom is 0.253 e.